The third-order valence-corrected chi connectivity index (χ3v) is 5.00. The van der Waals surface area contributed by atoms with Crippen LogP contribution in [-0.2, 0) is 0 Å². The van der Waals surface area contributed by atoms with Gasteiger partial charge in [0, 0.05) is 16.7 Å². The van der Waals surface area contributed by atoms with E-state index >= 15 is 0 Å². The smallest absolute Gasteiger partial charge is 0.252 e. The molecule has 1 atom stereocenters. The Morgan fingerprint density at radius 1 is 0.862 bits per heavy atom. The Balaban J connectivity index is 1.90. The Bertz CT molecular complexity index is 1160. The third kappa shape index (κ3) is 3.65. The lowest BCUT2D eigenvalue weighted by atomic mass is 9.92. The normalized spacial score (nSPS) is 11.8. The Kier molecular flexibility index (Phi) is 5.16. The van der Waals surface area contributed by atoms with Gasteiger partial charge in [-0.2, -0.15) is 0 Å². The zero-order valence-electron chi connectivity index (χ0n) is 16.0. The van der Waals surface area contributed by atoms with Gasteiger partial charge in [-0.3, -0.25) is 4.79 Å². The predicted molar refractivity (Wildman–Crippen MR) is 114 cm³/mol. The van der Waals surface area contributed by atoms with Crippen molar-refractivity contribution >= 4 is 16.7 Å². The number of aromatic hydroxyl groups is 1. The molecule has 4 heteroatoms. The Hall–Kier alpha value is -3.79. The summed E-state index contributed by atoms with van der Waals surface area (Å²) >= 11 is 0. The van der Waals surface area contributed by atoms with Crippen LogP contribution in [0, 0.1) is 0 Å². The minimum absolute atomic E-state index is 0.118. The molecule has 4 nitrogen and oxygen atoms in total. The third-order valence-electron chi connectivity index (χ3n) is 5.00. The van der Waals surface area contributed by atoms with Crippen molar-refractivity contribution < 1.29 is 14.6 Å². The molecule has 0 aliphatic carbocycles. The summed E-state index contributed by atoms with van der Waals surface area (Å²) in [6.45, 7) is 0. The maximum absolute atomic E-state index is 13.0. The topological polar surface area (TPSA) is 58.6 Å². The maximum atomic E-state index is 13.0. The van der Waals surface area contributed by atoms with Gasteiger partial charge >= 0.3 is 0 Å². The van der Waals surface area contributed by atoms with Crippen LogP contribution in [-0.4, -0.2) is 18.1 Å². The van der Waals surface area contributed by atoms with Crippen LogP contribution in [0.5, 0.6) is 11.5 Å². The van der Waals surface area contributed by atoms with E-state index in [0.717, 1.165) is 16.3 Å². The minimum Gasteiger partial charge on any atom is -0.508 e. The first kappa shape index (κ1) is 18.6. The standard InChI is InChI=1S/C25H21NO3/c1-29-22-14-8-7-13-20(22)24(26-25(28)18-10-3-2-4-11-18)23-19-12-6-5-9-17(19)15-16-21(23)27/h2-16,24,27H,1H3,(H,26,28)/t24-/m1/s1. The van der Waals surface area contributed by atoms with Crippen molar-refractivity contribution in [3.05, 3.63) is 108 Å². The van der Waals surface area contributed by atoms with Crippen LogP contribution in [0.2, 0.25) is 0 Å². The zero-order chi connectivity index (χ0) is 20.2. The number of amides is 1. The van der Waals surface area contributed by atoms with Gasteiger partial charge in [0.05, 0.1) is 13.2 Å². The van der Waals surface area contributed by atoms with Crippen LogP contribution in [0.4, 0.5) is 0 Å². The monoisotopic (exact) mass is 383 g/mol. The van der Waals surface area contributed by atoms with Gasteiger partial charge in [-0.05, 0) is 35.0 Å². The average Bonchev–Trinajstić information content (AvgIpc) is 2.78. The fourth-order valence-corrected chi connectivity index (χ4v) is 3.60. The predicted octanol–water partition coefficient (Wildman–Crippen LogP) is 5.07. The molecule has 0 heterocycles. The molecule has 2 N–H and O–H groups in total. The number of rotatable bonds is 5. The molecular weight excluding hydrogens is 362 g/mol. The summed E-state index contributed by atoms with van der Waals surface area (Å²) in [5, 5.41) is 15.7. The number of ether oxygens (including phenoxy) is 1. The molecule has 0 saturated heterocycles. The van der Waals surface area contributed by atoms with Gasteiger partial charge in [0.2, 0.25) is 0 Å². The summed E-state index contributed by atoms with van der Waals surface area (Å²) in [5.74, 6) is 0.528. The van der Waals surface area contributed by atoms with Crippen LogP contribution in [0.1, 0.15) is 27.5 Å². The molecule has 29 heavy (non-hydrogen) atoms. The van der Waals surface area contributed by atoms with Crippen molar-refractivity contribution in [1.82, 2.24) is 5.32 Å². The molecule has 0 aliphatic heterocycles. The second-order valence-electron chi connectivity index (χ2n) is 6.73. The highest BCUT2D eigenvalue weighted by Gasteiger charge is 2.25. The minimum atomic E-state index is -0.593. The molecule has 0 bridgehead atoms. The van der Waals surface area contributed by atoms with E-state index in [0.29, 0.717) is 16.9 Å². The Morgan fingerprint density at radius 3 is 2.34 bits per heavy atom. The summed E-state index contributed by atoms with van der Waals surface area (Å²) in [5.41, 5.74) is 1.95. The first-order valence-electron chi connectivity index (χ1n) is 9.38. The van der Waals surface area contributed by atoms with Gasteiger partial charge in [-0.15, -0.1) is 0 Å². The molecule has 0 radical (unpaired) electrons. The number of para-hydroxylation sites is 1. The number of benzene rings is 4. The molecule has 0 saturated carbocycles. The van der Waals surface area contributed by atoms with E-state index in [2.05, 4.69) is 5.32 Å². The largest absolute Gasteiger partial charge is 0.508 e. The number of hydrogen-bond acceptors (Lipinski definition) is 3. The highest BCUT2D eigenvalue weighted by Crippen LogP contribution is 2.38. The zero-order valence-corrected chi connectivity index (χ0v) is 16.0. The number of phenolic OH excluding ortho intramolecular Hbond substituents is 1. The summed E-state index contributed by atoms with van der Waals surface area (Å²) in [6.07, 6.45) is 0. The number of fused-ring (bicyclic) bond motifs is 1. The second-order valence-corrected chi connectivity index (χ2v) is 6.73. The van der Waals surface area contributed by atoms with Gasteiger partial charge in [-0.1, -0.05) is 66.7 Å². The van der Waals surface area contributed by atoms with E-state index in [1.807, 2.05) is 72.8 Å². The van der Waals surface area contributed by atoms with Gasteiger partial charge in [0.25, 0.3) is 5.91 Å². The average molecular weight is 383 g/mol. The number of carbonyl (C=O) groups excluding carboxylic acids is 1. The molecule has 0 spiro atoms. The van der Waals surface area contributed by atoms with E-state index in [9.17, 15) is 9.90 Å². The first-order valence-corrected chi connectivity index (χ1v) is 9.38. The molecule has 4 rings (SSSR count). The van der Waals surface area contributed by atoms with Crippen LogP contribution in [0.15, 0.2) is 91.0 Å². The van der Waals surface area contributed by atoms with Crippen molar-refractivity contribution in [2.24, 2.45) is 0 Å². The number of nitrogens with one attached hydrogen (secondary N) is 1. The van der Waals surface area contributed by atoms with Crippen molar-refractivity contribution in [3.8, 4) is 11.5 Å². The molecule has 144 valence electrons. The van der Waals surface area contributed by atoms with Crippen LogP contribution in [0.3, 0.4) is 0 Å². The quantitative estimate of drug-likeness (QED) is 0.506. The molecule has 1 amide bonds. The Labute approximate surface area is 169 Å². The van der Waals surface area contributed by atoms with Gasteiger partial charge in [0.15, 0.2) is 0 Å². The van der Waals surface area contributed by atoms with E-state index < -0.39 is 6.04 Å². The van der Waals surface area contributed by atoms with Gasteiger partial charge in [-0.25, -0.2) is 0 Å². The van der Waals surface area contributed by atoms with E-state index in [4.69, 9.17) is 4.74 Å². The van der Waals surface area contributed by atoms with Crippen molar-refractivity contribution in [2.75, 3.05) is 7.11 Å². The highest BCUT2D eigenvalue weighted by molar-refractivity contribution is 5.96. The lowest BCUT2D eigenvalue weighted by molar-refractivity contribution is 0.0942. The van der Waals surface area contributed by atoms with Crippen molar-refractivity contribution in [3.63, 3.8) is 0 Å². The number of methoxy groups -OCH3 is 1. The van der Waals surface area contributed by atoms with Gasteiger partial charge in [0.1, 0.15) is 11.5 Å². The first-order chi connectivity index (χ1) is 14.2. The summed E-state index contributed by atoms with van der Waals surface area (Å²) in [6, 6.07) is 27.3. The van der Waals surface area contributed by atoms with Crippen LogP contribution >= 0.6 is 0 Å². The number of hydrogen-bond donors (Lipinski definition) is 2. The molecule has 0 aliphatic rings. The van der Waals surface area contributed by atoms with Gasteiger partial charge < -0.3 is 15.2 Å². The van der Waals surface area contributed by atoms with E-state index in [1.165, 1.54) is 0 Å². The van der Waals surface area contributed by atoms with Crippen LogP contribution in [0.25, 0.3) is 10.8 Å². The van der Waals surface area contributed by atoms with Crippen molar-refractivity contribution in [2.45, 2.75) is 6.04 Å². The lowest BCUT2D eigenvalue weighted by Crippen LogP contribution is -2.29. The van der Waals surface area contributed by atoms with Crippen molar-refractivity contribution in [1.29, 1.82) is 0 Å². The molecule has 0 aromatic heterocycles. The SMILES string of the molecule is COc1ccccc1[C@@H](NC(=O)c1ccccc1)c1c(O)ccc2ccccc12. The number of phenols is 1. The molecule has 0 unspecified atom stereocenters. The van der Waals surface area contributed by atoms with E-state index in [1.54, 1.807) is 25.3 Å². The van der Waals surface area contributed by atoms with Crippen LogP contribution < -0.4 is 10.1 Å². The fourth-order valence-electron chi connectivity index (χ4n) is 3.60. The second kappa shape index (κ2) is 8.07. The highest BCUT2D eigenvalue weighted by atomic mass is 16.5. The summed E-state index contributed by atoms with van der Waals surface area (Å²) in [7, 11) is 1.60. The molecule has 0 fully saturated rings. The van der Waals surface area contributed by atoms with E-state index in [-0.39, 0.29) is 11.7 Å². The number of carbonyl (C=O) groups is 1. The molecule has 4 aromatic carbocycles. The lowest BCUT2D eigenvalue weighted by Gasteiger charge is -2.24. The maximum Gasteiger partial charge on any atom is 0.252 e. The molecular formula is C25H21NO3. The molecule has 4 aromatic rings. The Morgan fingerprint density at radius 2 is 1.55 bits per heavy atom. The fraction of sp³-hybridized carbons (Fsp3) is 0.0800. The summed E-state index contributed by atoms with van der Waals surface area (Å²) < 4.78 is 5.55. The summed E-state index contributed by atoms with van der Waals surface area (Å²) in [4.78, 5) is 13.0.